The average molecular weight is 335 g/mol. The summed E-state index contributed by atoms with van der Waals surface area (Å²) in [6, 6.07) is -1.99. The first kappa shape index (κ1) is 17.0. The molecule has 0 unspecified atom stereocenters. The number of carbonyl (C=O) groups excluding carboxylic acids is 2. The van der Waals surface area contributed by atoms with E-state index in [0.29, 0.717) is 23.0 Å². The number of hydrogen-bond acceptors (Lipinski definition) is 8. The Labute approximate surface area is 136 Å². The van der Waals surface area contributed by atoms with Gasteiger partial charge >= 0.3 is 12.1 Å². The third-order valence-electron chi connectivity index (χ3n) is 3.06. The molecule has 0 spiro atoms. The van der Waals surface area contributed by atoms with E-state index in [1.807, 2.05) is 11.5 Å². The van der Waals surface area contributed by atoms with E-state index in [-0.39, 0.29) is 17.7 Å². The fourth-order valence-electron chi connectivity index (χ4n) is 1.78. The van der Waals surface area contributed by atoms with E-state index < -0.39 is 12.1 Å². The summed E-state index contributed by atoms with van der Waals surface area (Å²) in [6.07, 6.45) is 3.78. The maximum absolute atomic E-state index is 11.2. The number of aromatic nitrogens is 5. The molecule has 2 rings (SSSR count). The standard InChI is InChI=1S/C11H17N11O2/c1-6-16-3-5-20(6)4-2-7-17-10(21(14)8(12)23)19-11(18-7)22(15)9(13)24/h3,5H,2,4,14-15H2,1H3,(H2,12,23)(H2,13,24). The number of amides is 4. The lowest BCUT2D eigenvalue weighted by Crippen LogP contribution is -2.45. The highest BCUT2D eigenvalue weighted by Gasteiger charge is 2.19. The predicted molar refractivity (Wildman–Crippen MR) is 83.0 cm³/mol. The molecule has 0 saturated carbocycles. The number of carbonyl (C=O) groups is 2. The molecule has 0 atom stereocenters. The molecule has 4 amide bonds. The van der Waals surface area contributed by atoms with Crippen LogP contribution in [0.3, 0.4) is 0 Å². The molecular weight excluding hydrogens is 318 g/mol. The Hall–Kier alpha value is -3.32. The number of hydrazine groups is 2. The minimum absolute atomic E-state index is 0.233. The first-order chi connectivity index (χ1) is 11.3. The van der Waals surface area contributed by atoms with Crippen LogP contribution in [0.15, 0.2) is 12.4 Å². The van der Waals surface area contributed by atoms with Crippen molar-refractivity contribution in [3.63, 3.8) is 0 Å². The first-order valence-electron chi connectivity index (χ1n) is 6.70. The third-order valence-corrected chi connectivity index (χ3v) is 3.06. The highest BCUT2D eigenvalue weighted by atomic mass is 16.2. The van der Waals surface area contributed by atoms with E-state index in [0.717, 1.165) is 5.82 Å². The van der Waals surface area contributed by atoms with Crippen LogP contribution in [-0.4, -0.2) is 36.6 Å². The van der Waals surface area contributed by atoms with E-state index in [9.17, 15) is 9.59 Å². The maximum atomic E-state index is 11.2. The second kappa shape index (κ2) is 6.84. The lowest BCUT2D eigenvalue weighted by atomic mass is 10.4. The van der Waals surface area contributed by atoms with Crippen molar-refractivity contribution in [2.45, 2.75) is 19.9 Å². The largest absolute Gasteiger partial charge is 0.350 e. The number of imidazole rings is 1. The molecule has 128 valence electrons. The van der Waals surface area contributed by atoms with Crippen molar-refractivity contribution >= 4 is 24.0 Å². The van der Waals surface area contributed by atoms with Crippen LogP contribution in [0.4, 0.5) is 21.5 Å². The second-order valence-electron chi connectivity index (χ2n) is 4.69. The van der Waals surface area contributed by atoms with Gasteiger partial charge in [0, 0.05) is 25.4 Å². The number of aryl methyl sites for hydroxylation is 3. The highest BCUT2D eigenvalue weighted by Crippen LogP contribution is 2.11. The van der Waals surface area contributed by atoms with Crippen molar-refractivity contribution in [3.05, 3.63) is 24.0 Å². The van der Waals surface area contributed by atoms with E-state index >= 15 is 0 Å². The fourth-order valence-corrected chi connectivity index (χ4v) is 1.78. The van der Waals surface area contributed by atoms with Gasteiger partial charge in [-0.05, 0) is 6.92 Å². The predicted octanol–water partition coefficient (Wildman–Crippen LogP) is -1.86. The van der Waals surface area contributed by atoms with Gasteiger partial charge < -0.3 is 16.0 Å². The summed E-state index contributed by atoms with van der Waals surface area (Å²) in [5.41, 5.74) is 10.2. The van der Waals surface area contributed by atoms with E-state index in [4.69, 9.17) is 23.2 Å². The molecule has 8 N–H and O–H groups in total. The number of hydrogen-bond donors (Lipinski definition) is 4. The second-order valence-corrected chi connectivity index (χ2v) is 4.69. The summed E-state index contributed by atoms with van der Waals surface area (Å²) in [5, 5.41) is 1.01. The third kappa shape index (κ3) is 3.71. The Bertz CT molecular complexity index is 720. The van der Waals surface area contributed by atoms with Crippen molar-refractivity contribution in [2.75, 3.05) is 10.0 Å². The smallest absolute Gasteiger partial charge is 0.336 e. The lowest BCUT2D eigenvalue weighted by Gasteiger charge is -2.16. The van der Waals surface area contributed by atoms with Crippen molar-refractivity contribution in [3.8, 4) is 0 Å². The number of nitrogens with two attached hydrogens (primary N) is 4. The lowest BCUT2D eigenvalue weighted by molar-refractivity contribution is 0.253. The Morgan fingerprint density at radius 2 is 1.62 bits per heavy atom. The molecule has 13 nitrogen and oxygen atoms in total. The molecule has 0 bridgehead atoms. The molecule has 0 radical (unpaired) electrons. The van der Waals surface area contributed by atoms with Gasteiger partial charge in [-0.25, -0.2) is 26.3 Å². The van der Waals surface area contributed by atoms with Crippen LogP contribution in [0.5, 0.6) is 0 Å². The minimum atomic E-state index is -0.994. The number of rotatable bonds is 5. The van der Waals surface area contributed by atoms with Crippen molar-refractivity contribution in [1.82, 2.24) is 24.5 Å². The SMILES string of the molecule is Cc1nccn1CCc1nc(N(N)C(N)=O)nc(N(N)C(N)=O)n1. The summed E-state index contributed by atoms with van der Waals surface area (Å²) >= 11 is 0. The summed E-state index contributed by atoms with van der Waals surface area (Å²) in [5.74, 6) is 11.5. The number of nitrogens with zero attached hydrogens (tertiary/aromatic N) is 7. The van der Waals surface area contributed by atoms with Gasteiger partial charge in [0.1, 0.15) is 11.6 Å². The van der Waals surface area contributed by atoms with Gasteiger partial charge in [0.25, 0.3) is 11.9 Å². The Morgan fingerprint density at radius 3 is 2.04 bits per heavy atom. The summed E-state index contributed by atoms with van der Waals surface area (Å²) in [6.45, 7) is 2.34. The zero-order valence-electron chi connectivity index (χ0n) is 12.8. The molecule has 0 aliphatic heterocycles. The molecule has 2 heterocycles. The zero-order valence-corrected chi connectivity index (χ0v) is 12.8. The minimum Gasteiger partial charge on any atom is -0.350 e. The molecule has 0 aliphatic carbocycles. The number of anilines is 2. The van der Waals surface area contributed by atoms with Gasteiger partial charge in [-0.2, -0.15) is 25.0 Å². The van der Waals surface area contributed by atoms with E-state index in [1.54, 1.807) is 12.4 Å². The van der Waals surface area contributed by atoms with Gasteiger partial charge in [0.05, 0.1) is 0 Å². The molecule has 0 aromatic carbocycles. The molecule has 2 aromatic rings. The van der Waals surface area contributed by atoms with Crippen molar-refractivity contribution in [2.24, 2.45) is 23.2 Å². The average Bonchev–Trinajstić information content (AvgIpc) is 2.96. The molecule has 0 saturated heterocycles. The summed E-state index contributed by atoms with van der Waals surface area (Å²) in [7, 11) is 0. The Kier molecular flexibility index (Phi) is 4.86. The van der Waals surface area contributed by atoms with Gasteiger partial charge in [-0.15, -0.1) is 0 Å². The van der Waals surface area contributed by atoms with Gasteiger partial charge in [0.15, 0.2) is 0 Å². The van der Waals surface area contributed by atoms with Crippen LogP contribution >= 0.6 is 0 Å². The quantitative estimate of drug-likeness (QED) is 0.276. The topological polar surface area (TPSA) is 201 Å². The number of urea groups is 2. The monoisotopic (exact) mass is 335 g/mol. The molecule has 24 heavy (non-hydrogen) atoms. The Balaban J connectivity index is 2.33. The van der Waals surface area contributed by atoms with Gasteiger partial charge in [-0.1, -0.05) is 0 Å². The van der Waals surface area contributed by atoms with Crippen LogP contribution in [0.1, 0.15) is 11.6 Å². The number of primary amides is 2. The van der Waals surface area contributed by atoms with Gasteiger partial charge in [0.2, 0.25) is 0 Å². The van der Waals surface area contributed by atoms with Gasteiger partial charge in [-0.3, -0.25) is 0 Å². The highest BCUT2D eigenvalue weighted by molar-refractivity contribution is 5.89. The molecule has 13 heteroatoms. The van der Waals surface area contributed by atoms with Crippen LogP contribution in [0.25, 0.3) is 0 Å². The van der Waals surface area contributed by atoms with Crippen molar-refractivity contribution < 1.29 is 9.59 Å². The molecule has 0 aliphatic rings. The van der Waals surface area contributed by atoms with Crippen LogP contribution in [0.2, 0.25) is 0 Å². The van der Waals surface area contributed by atoms with Crippen LogP contribution in [0, 0.1) is 6.92 Å². The fraction of sp³-hybridized carbons (Fsp3) is 0.273. The van der Waals surface area contributed by atoms with Crippen LogP contribution in [-0.2, 0) is 13.0 Å². The normalized spacial score (nSPS) is 10.5. The molecular formula is C11H17N11O2. The first-order valence-corrected chi connectivity index (χ1v) is 6.70. The van der Waals surface area contributed by atoms with Crippen molar-refractivity contribution in [1.29, 1.82) is 0 Å². The molecule has 0 fully saturated rings. The summed E-state index contributed by atoms with van der Waals surface area (Å²) < 4.78 is 1.87. The van der Waals surface area contributed by atoms with E-state index in [2.05, 4.69) is 19.9 Å². The maximum Gasteiger partial charge on any atom is 0.336 e. The Morgan fingerprint density at radius 1 is 1.08 bits per heavy atom. The van der Waals surface area contributed by atoms with E-state index in [1.165, 1.54) is 0 Å². The summed E-state index contributed by atoms with van der Waals surface area (Å²) in [4.78, 5) is 38.3. The van der Waals surface area contributed by atoms with Crippen LogP contribution < -0.4 is 33.2 Å². The zero-order chi connectivity index (χ0) is 17.9. The molecule has 2 aromatic heterocycles.